The van der Waals surface area contributed by atoms with Gasteiger partial charge >= 0.3 is 11.9 Å². The van der Waals surface area contributed by atoms with Gasteiger partial charge in [0.1, 0.15) is 0 Å². The van der Waals surface area contributed by atoms with Crippen LogP contribution in [0.25, 0.3) is 0 Å². The van der Waals surface area contributed by atoms with Crippen molar-refractivity contribution in [2.24, 2.45) is 0 Å². The third kappa shape index (κ3) is 19.7. The van der Waals surface area contributed by atoms with Crippen molar-refractivity contribution in [3.8, 4) is 0 Å². The molecule has 0 unspecified atom stereocenters. The minimum Gasteiger partial charge on any atom is -0.473 e. The maximum atomic E-state index is 9.10. The second-order valence-electron chi connectivity index (χ2n) is 0.927. The van der Waals surface area contributed by atoms with Gasteiger partial charge in [-0.2, -0.15) is 0 Å². The quantitative estimate of drug-likeness (QED) is 0.377. The fourth-order valence-corrected chi connectivity index (χ4v) is 0. The van der Waals surface area contributed by atoms with Gasteiger partial charge in [-0.3, -0.25) is 0 Å². The molecule has 0 amide bonds. The number of rotatable bonds is 0. The Kier molecular flexibility index (Phi) is 8.28. The molecule has 0 fully saturated rings. The molecule has 5 nitrogen and oxygen atoms in total. The molecule has 54 valence electrons. The van der Waals surface area contributed by atoms with Crippen molar-refractivity contribution in [1.82, 2.24) is 0 Å². The normalized spacial score (nSPS) is 6.89. The van der Waals surface area contributed by atoms with Gasteiger partial charge < -0.3 is 15.3 Å². The topological polar surface area (TPSA) is 94.8 Å². The average Bonchev–Trinajstić information content (AvgIpc) is 1.68. The summed E-state index contributed by atoms with van der Waals surface area (Å²) in [5, 5.41) is 22.4. The van der Waals surface area contributed by atoms with Crippen LogP contribution in [0.4, 0.5) is 0 Å². The number of hydrogen-bond donors (Lipinski definition) is 3. The molecule has 0 atom stereocenters. The Labute approximate surface area is 51.5 Å². The van der Waals surface area contributed by atoms with E-state index in [1.165, 1.54) is 0 Å². The standard InChI is InChI=1S/C2H2O4.C2H6O/c3-1(4)2(5)6;1-2-3/h(H,3,4)(H,5,6);3H,2H2,1H3. The summed E-state index contributed by atoms with van der Waals surface area (Å²) >= 11 is 0. The molecule has 0 saturated heterocycles. The number of carboxylic acid groups (broad SMARTS) is 2. The highest BCUT2D eigenvalue weighted by atomic mass is 16.4. The monoisotopic (exact) mass is 136 g/mol. The first-order valence-electron chi connectivity index (χ1n) is 2.13. The summed E-state index contributed by atoms with van der Waals surface area (Å²) in [5.74, 6) is -3.65. The van der Waals surface area contributed by atoms with Crippen molar-refractivity contribution in [1.29, 1.82) is 0 Å². The van der Waals surface area contributed by atoms with Crippen LogP contribution in [0.3, 0.4) is 0 Å². The van der Waals surface area contributed by atoms with Gasteiger partial charge in [0.25, 0.3) is 0 Å². The van der Waals surface area contributed by atoms with Crippen molar-refractivity contribution < 1.29 is 24.9 Å². The molecule has 0 rings (SSSR count). The van der Waals surface area contributed by atoms with Crippen LogP contribution in [0.2, 0.25) is 0 Å². The Hall–Kier alpha value is -1.10. The van der Waals surface area contributed by atoms with Gasteiger partial charge in [-0.15, -0.1) is 0 Å². The van der Waals surface area contributed by atoms with Crippen LogP contribution in [0.15, 0.2) is 0 Å². The van der Waals surface area contributed by atoms with Gasteiger partial charge in [0.05, 0.1) is 0 Å². The number of hydrogen-bond acceptors (Lipinski definition) is 3. The van der Waals surface area contributed by atoms with Gasteiger partial charge in [0, 0.05) is 6.61 Å². The molecule has 3 N–H and O–H groups in total. The Morgan fingerprint density at radius 3 is 1.33 bits per heavy atom. The first-order valence-corrected chi connectivity index (χ1v) is 2.13. The molecule has 0 saturated carbocycles. The van der Waals surface area contributed by atoms with E-state index in [0.29, 0.717) is 0 Å². The Balaban J connectivity index is 0. The molecule has 5 heteroatoms. The number of carboxylic acids is 2. The number of aliphatic hydroxyl groups excluding tert-OH is 1. The predicted octanol–water partition coefficient (Wildman–Crippen LogP) is -0.846. The molecule has 0 aromatic heterocycles. The molecule has 0 aliphatic heterocycles. The van der Waals surface area contributed by atoms with Crippen LogP contribution in [-0.4, -0.2) is 33.9 Å². The SMILES string of the molecule is CCO.O=C(O)C(=O)O. The third-order valence-corrected chi connectivity index (χ3v) is 0.183. The van der Waals surface area contributed by atoms with E-state index in [1.807, 2.05) is 0 Å². The summed E-state index contributed by atoms with van der Waals surface area (Å²) in [6.45, 7) is 1.93. The third-order valence-electron chi connectivity index (χ3n) is 0.183. The van der Waals surface area contributed by atoms with Gasteiger partial charge in [0.15, 0.2) is 0 Å². The van der Waals surface area contributed by atoms with E-state index in [1.54, 1.807) is 6.92 Å². The van der Waals surface area contributed by atoms with Crippen LogP contribution in [-0.2, 0) is 9.59 Å². The van der Waals surface area contributed by atoms with Crippen LogP contribution in [0, 0.1) is 0 Å². The fourth-order valence-electron chi connectivity index (χ4n) is 0. The minimum absolute atomic E-state index is 0.250. The van der Waals surface area contributed by atoms with Gasteiger partial charge in [0.2, 0.25) is 0 Å². The highest BCUT2D eigenvalue weighted by Crippen LogP contribution is 1.56. The highest BCUT2D eigenvalue weighted by molar-refractivity contribution is 6.27. The summed E-state index contributed by atoms with van der Waals surface area (Å²) in [4.78, 5) is 18.2. The molecular weight excluding hydrogens is 128 g/mol. The molecule has 0 bridgehead atoms. The zero-order valence-electron chi connectivity index (χ0n) is 4.87. The maximum Gasteiger partial charge on any atom is 0.414 e. The van der Waals surface area contributed by atoms with Crippen LogP contribution in [0.1, 0.15) is 6.92 Å². The number of aliphatic carboxylic acids is 2. The summed E-state index contributed by atoms with van der Waals surface area (Å²) in [7, 11) is 0. The first kappa shape index (κ1) is 10.8. The molecule has 0 heterocycles. The molecule has 0 radical (unpaired) electrons. The number of aliphatic hydroxyl groups is 1. The minimum atomic E-state index is -1.82. The lowest BCUT2D eigenvalue weighted by Gasteiger charge is -1.72. The van der Waals surface area contributed by atoms with Crippen molar-refractivity contribution in [3.63, 3.8) is 0 Å². The Morgan fingerprint density at radius 1 is 1.22 bits per heavy atom. The van der Waals surface area contributed by atoms with Gasteiger partial charge in [-0.25, -0.2) is 9.59 Å². The highest BCUT2D eigenvalue weighted by Gasteiger charge is 2.04. The lowest BCUT2D eigenvalue weighted by molar-refractivity contribution is -0.159. The zero-order chi connectivity index (χ0) is 7.86. The van der Waals surface area contributed by atoms with E-state index in [9.17, 15) is 0 Å². The summed E-state index contributed by atoms with van der Waals surface area (Å²) in [6, 6.07) is 0. The van der Waals surface area contributed by atoms with Crippen LogP contribution >= 0.6 is 0 Å². The van der Waals surface area contributed by atoms with E-state index in [2.05, 4.69) is 0 Å². The smallest absolute Gasteiger partial charge is 0.414 e. The largest absolute Gasteiger partial charge is 0.473 e. The Bertz CT molecular complexity index is 85.1. The molecular formula is C4H8O5. The van der Waals surface area contributed by atoms with Crippen LogP contribution < -0.4 is 0 Å². The first-order chi connectivity index (χ1) is 4.06. The van der Waals surface area contributed by atoms with Crippen LogP contribution in [0.5, 0.6) is 0 Å². The summed E-state index contributed by atoms with van der Waals surface area (Å²) < 4.78 is 0. The molecule has 0 aromatic rings. The maximum absolute atomic E-state index is 9.10. The average molecular weight is 136 g/mol. The predicted molar refractivity (Wildman–Crippen MR) is 28.0 cm³/mol. The second-order valence-corrected chi connectivity index (χ2v) is 0.927. The van der Waals surface area contributed by atoms with Crippen molar-refractivity contribution in [3.05, 3.63) is 0 Å². The molecule has 0 aromatic carbocycles. The van der Waals surface area contributed by atoms with Crippen molar-refractivity contribution in [2.45, 2.75) is 6.92 Å². The van der Waals surface area contributed by atoms with Gasteiger partial charge in [-0.1, -0.05) is 0 Å². The van der Waals surface area contributed by atoms with E-state index in [4.69, 9.17) is 24.9 Å². The Morgan fingerprint density at radius 2 is 1.33 bits per heavy atom. The molecule has 0 aliphatic carbocycles. The van der Waals surface area contributed by atoms with Gasteiger partial charge in [-0.05, 0) is 6.92 Å². The van der Waals surface area contributed by atoms with E-state index < -0.39 is 11.9 Å². The number of carbonyl (C=O) groups is 2. The molecule has 9 heavy (non-hydrogen) atoms. The molecule has 0 aliphatic rings. The van der Waals surface area contributed by atoms with E-state index in [-0.39, 0.29) is 6.61 Å². The lowest BCUT2D eigenvalue weighted by atomic mass is 10.7. The second kappa shape index (κ2) is 6.90. The zero-order valence-corrected chi connectivity index (χ0v) is 4.87. The fraction of sp³-hybridized carbons (Fsp3) is 0.500. The summed E-state index contributed by atoms with van der Waals surface area (Å²) in [6.07, 6.45) is 0. The van der Waals surface area contributed by atoms with Crippen molar-refractivity contribution >= 4 is 11.9 Å². The summed E-state index contributed by atoms with van der Waals surface area (Å²) in [5.41, 5.74) is 0. The van der Waals surface area contributed by atoms with E-state index in [0.717, 1.165) is 0 Å². The van der Waals surface area contributed by atoms with Crippen molar-refractivity contribution in [2.75, 3.05) is 6.61 Å². The lowest BCUT2D eigenvalue weighted by Crippen LogP contribution is -2.09. The molecule has 0 spiro atoms. The van der Waals surface area contributed by atoms with E-state index >= 15 is 0 Å².